The molecule has 194 valence electrons. The van der Waals surface area contributed by atoms with E-state index in [9.17, 15) is 9.90 Å². The van der Waals surface area contributed by atoms with E-state index in [1.54, 1.807) is 30.3 Å². The van der Waals surface area contributed by atoms with Crippen molar-refractivity contribution < 1.29 is 9.90 Å². The molecule has 1 aliphatic heterocycles. The van der Waals surface area contributed by atoms with Crippen molar-refractivity contribution in [2.24, 2.45) is 5.41 Å². The van der Waals surface area contributed by atoms with Gasteiger partial charge in [0.2, 0.25) is 0 Å². The second kappa shape index (κ2) is 10.7. The number of H-pyrrole nitrogens is 1. The number of likely N-dealkylation sites (tertiary alicyclic amines) is 1. The van der Waals surface area contributed by atoms with Gasteiger partial charge in [0, 0.05) is 39.8 Å². The molecule has 5 nitrogen and oxygen atoms in total. The zero-order chi connectivity index (χ0) is 26.9. The van der Waals surface area contributed by atoms with Gasteiger partial charge in [-0.15, -0.1) is 0 Å². The Kier molecular flexibility index (Phi) is 7.33. The molecule has 0 spiro atoms. The van der Waals surface area contributed by atoms with Gasteiger partial charge in [-0.25, -0.2) is 0 Å². The normalized spacial score (nSPS) is 16.9. The Morgan fingerprint density at radius 1 is 1.00 bits per heavy atom. The SMILES string of the molecule is CC1(C)CN(C(=O)c2cccc(Cl)c2)CC/C1=C\c1cc([C@@H](c2ccc(O)cc2)c2cccc(Cl)c2)[nH]n1. The van der Waals surface area contributed by atoms with E-state index >= 15 is 0 Å². The van der Waals surface area contributed by atoms with Crippen LogP contribution in [0.1, 0.15) is 59.1 Å². The standard InChI is InChI=1S/C31H29Cl2N3O2/c1-31(2)19-36(30(38)22-6-4-8-25(33)16-22)14-13-23(31)17-26-18-28(35-34-26)29(20-9-11-27(37)12-10-20)21-5-3-7-24(32)15-21/h3-12,15-18,29,37H,13-14,19H2,1-2H3,(H,34,35)/b23-17+/t29-/m0/s1. The number of phenols is 1. The van der Waals surface area contributed by atoms with E-state index in [0.717, 1.165) is 28.9 Å². The minimum Gasteiger partial charge on any atom is -0.508 e. The molecule has 7 heteroatoms. The van der Waals surface area contributed by atoms with E-state index in [0.29, 0.717) is 28.7 Å². The fourth-order valence-corrected chi connectivity index (χ4v) is 5.54. The summed E-state index contributed by atoms with van der Waals surface area (Å²) in [6.45, 7) is 5.57. The van der Waals surface area contributed by atoms with E-state index < -0.39 is 0 Å². The summed E-state index contributed by atoms with van der Waals surface area (Å²) in [7, 11) is 0. The van der Waals surface area contributed by atoms with Crippen LogP contribution < -0.4 is 0 Å². The lowest BCUT2D eigenvalue weighted by molar-refractivity contribution is 0.0664. The molecule has 1 aromatic heterocycles. The highest BCUT2D eigenvalue weighted by molar-refractivity contribution is 6.31. The molecule has 0 bridgehead atoms. The molecule has 0 radical (unpaired) electrons. The summed E-state index contributed by atoms with van der Waals surface area (Å²) in [5.41, 5.74) is 5.45. The Hall–Kier alpha value is -3.54. The van der Waals surface area contributed by atoms with Crippen LogP contribution >= 0.6 is 23.2 Å². The van der Waals surface area contributed by atoms with Gasteiger partial charge in [0.05, 0.1) is 11.6 Å². The Balaban J connectivity index is 1.40. The highest BCUT2D eigenvalue weighted by Gasteiger charge is 2.34. The Bertz CT molecular complexity index is 1490. The van der Waals surface area contributed by atoms with Gasteiger partial charge in [-0.1, -0.05) is 73.0 Å². The van der Waals surface area contributed by atoms with Crippen LogP contribution in [0, 0.1) is 5.41 Å². The van der Waals surface area contributed by atoms with Crippen molar-refractivity contribution in [2.45, 2.75) is 26.2 Å². The quantitative estimate of drug-likeness (QED) is 0.272. The lowest BCUT2D eigenvalue weighted by Gasteiger charge is -2.40. The molecule has 0 aliphatic carbocycles. The second-order valence-electron chi connectivity index (χ2n) is 10.4. The van der Waals surface area contributed by atoms with Gasteiger partial charge >= 0.3 is 0 Å². The van der Waals surface area contributed by atoms with Gasteiger partial charge in [0.15, 0.2) is 0 Å². The Morgan fingerprint density at radius 3 is 2.39 bits per heavy atom. The number of hydrogen-bond donors (Lipinski definition) is 2. The Morgan fingerprint density at radius 2 is 1.71 bits per heavy atom. The van der Waals surface area contributed by atoms with Crippen molar-refractivity contribution in [1.82, 2.24) is 15.1 Å². The van der Waals surface area contributed by atoms with Crippen LogP contribution in [0.4, 0.5) is 0 Å². The van der Waals surface area contributed by atoms with Crippen molar-refractivity contribution >= 4 is 35.2 Å². The summed E-state index contributed by atoms with van der Waals surface area (Å²) in [6, 6.07) is 24.2. The number of carbonyl (C=O) groups excluding carboxylic acids is 1. The third-order valence-electron chi connectivity index (χ3n) is 7.12. The number of rotatable bonds is 5. The van der Waals surface area contributed by atoms with Crippen LogP contribution in [-0.4, -0.2) is 39.2 Å². The molecule has 2 N–H and O–H groups in total. The fourth-order valence-electron chi connectivity index (χ4n) is 5.15. The zero-order valence-electron chi connectivity index (χ0n) is 21.3. The average molecular weight is 546 g/mol. The number of aromatic hydroxyl groups is 1. The number of phenolic OH excluding ortho intramolecular Hbond substituents is 1. The summed E-state index contributed by atoms with van der Waals surface area (Å²) in [6.07, 6.45) is 2.89. The number of aromatic amines is 1. The number of hydrogen-bond acceptors (Lipinski definition) is 3. The van der Waals surface area contributed by atoms with E-state index in [1.807, 2.05) is 47.4 Å². The van der Waals surface area contributed by atoms with Crippen molar-refractivity contribution in [3.05, 3.63) is 123 Å². The maximum Gasteiger partial charge on any atom is 0.253 e. The summed E-state index contributed by atoms with van der Waals surface area (Å²) >= 11 is 12.4. The maximum atomic E-state index is 13.1. The van der Waals surface area contributed by atoms with Gasteiger partial charge in [-0.2, -0.15) is 5.10 Å². The van der Waals surface area contributed by atoms with Crippen molar-refractivity contribution in [3.8, 4) is 5.75 Å². The van der Waals surface area contributed by atoms with E-state index in [-0.39, 0.29) is 23.0 Å². The Labute approximate surface area is 232 Å². The monoisotopic (exact) mass is 545 g/mol. The third kappa shape index (κ3) is 5.64. The van der Waals surface area contributed by atoms with Gasteiger partial charge in [-0.05, 0) is 72.2 Å². The van der Waals surface area contributed by atoms with Gasteiger partial charge in [0.1, 0.15) is 5.75 Å². The number of carbonyl (C=O) groups is 1. The minimum atomic E-state index is -0.213. The molecular formula is C31H29Cl2N3O2. The van der Waals surface area contributed by atoms with Gasteiger partial charge in [0.25, 0.3) is 5.91 Å². The van der Waals surface area contributed by atoms with Crippen LogP contribution in [0.3, 0.4) is 0 Å². The highest BCUT2D eigenvalue weighted by atomic mass is 35.5. The first kappa shape index (κ1) is 26.1. The molecule has 1 amide bonds. The molecule has 2 heterocycles. The molecule has 3 aromatic carbocycles. The highest BCUT2D eigenvalue weighted by Crippen LogP contribution is 2.37. The van der Waals surface area contributed by atoms with Crippen molar-refractivity contribution in [2.75, 3.05) is 13.1 Å². The number of halogens is 2. The van der Waals surface area contributed by atoms with E-state index in [2.05, 4.69) is 36.2 Å². The molecule has 0 saturated carbocycles. The van der Waals surface area contributed by atoms with Crippen LogP contribution in [0.5, 0.6) is 5.75 Å². The van der Waals surface area contributed by atoms with Gasteiger partial charge < -0.3 is 10.0 Å². The molecular weight excluding hydrogens is 517 g/mol. The summed E-state index contributed by atoms with van der Waals surface area (Å²) in [4.78, 5) is 15.0. The lowest BCUT2D eigenvalue weighted by Crippen LogP contribution is -2.44. The predicted octanol–water partition coefficient (Wildman–Crippen LogP) is 7.56. The summed E-state index contributed by atoms with van der Waals surface area (Å²) in [5, 5.41) is 18.9. The molecule has 1 saturated heterocycles. The van der Waals surface area contributed by atoms with E-state index in [4.69, 9.17) is 23.2 Å². The number of nitrogens with one attached hydrogen (secondary N) is 1. The van der Waals surface area contributed by atoms with E-state index in [1.165, 1.54) is 5.57 Å². The first-order valence-corrected chi connectivity index (χ1v) is 13.3. The predicted molar refractivity (Wildman–Crippen MR) is 153 cm³/mol. The smallest absolute Gasteiger partial charge is 0.253 e. The number of aromatic nitrogens is 2. The minimum absolute atomic E-state index is 0.0000535. The topological polar surface area (TPSA) is 69.2 Å². The van der Waals surface area contributed by atoms with Crippen LogP contribution in [0.15, 0.2) is 84.4 Å². The van der Waals surface area contributed by atoms with Crippen LogP contribution in [-0.2, 0) is 0 Å². The molecule has 4 aromatic rings. The first-order chi connectivity index (χ1) is 18.2. The molecule has 1 atom stereocenters. The first-order valence-electron chi connectivity index (χ1n) is 12.6. The molecule has 5 rings (SSSR count). The molecule has 1 fully saturated rings. The number of piperidine rings is 1. The molecule has 0 unspecified atom stereocenters. The van der Waals surface area contributed by atoms with Crippen molar-refractivity contribution in [3.63, 3.8) is 0 Å². The maximum absolute atomic E-state index is 13.1. The summed E-state index contributed by atoms with van der Waals surface area (Å²) < 4.78 is 0. The zero-order valence-corrected chi connectivity index (χ0v) is 22.8. The van der Waals surface area contributed by atoms with Gasteiger partial charge in [-0.3, -0.25) is 9.89 Å². The molecule has 1 aliphatic rings. The van der Waals surface area contributed by atoms with Crippen LogP contribution in [0.25, 0.3) is 6.08 Å². The average Bonchev–Trinajstić information content (AvgIpc) is 3.34. The number of amides is 1. The van der Waals surface area contributed by atoms with Crippen LogP contribution in [0.2, 0.25) is 10.0 Å². The number of benzene rings is 3. The number of nitrogens with zero attached hydrogens (tertiary/aromatic N) is 2. The van der Waals surface area contributed by atoms with Crippen molar-refractivity contribution in [1.29, 1.82) is 0 Å². The summed E-state index contributed by atoms with van der Waals surface area (Å²) in [5.74, 6) is 0.0927. The largest absolute Gasteiger partial charge is 0.508 e. The third-order valence-corrected chi connectivity index (χ3v) is 7.59. The lowest BCUT2D eigenvalue weighted by atomic mass is 9.78. The second-order valence-corrected chi connectivity index (χ2v) is 11.2. The molecule has 38 heavy (non-hydrogen) atoms. The fraction of sp³-hybridized carbons (Fsp3) is 0.226.